The predicted molar refractivity (Wildman–Crippen MR) is 87.2 cm³/mol. The molecule has 0 radical (unpaired) electrons. The molecule has 0 saturated carbocycles. The number of carbonyl (C=O) groups is 2. The zero-order chi connectivity index (χ0) is 15.9. The second-order valence-electron chi connectivity index (χ2n) is 6.01. The highest BCUT2D eigenvalue weighted by Gasteiger charge is 2.27. The van der Waals surface area contributed by atoms with Crippen LogP contribution in [-0.4, -0.2) is 40.7 Å². The SMILES string of the molecule is CCC1CCCCN1C(=O)CN(Cc1ccccc1)C(C)=O. The Morgan fingerprint density at radius 3 is 2.59 bits per heavy atom. The molecule has 4 heteroatoms. The zero-order valence-electron chi connectivity index (χ0n) is 13.6. The van der Waals surface area contributed by atoms with Gasteiger partial charge in [-0.25, -0.2) is 0 Å². The molecule has 22 heavy (non-hydrogen) atoms. The van der Waals surface area contributed by atoms with Crippen LogP contribution in [0.25, 0.3) is 0 Å². The summed E-state index contributed by atoms with van der Waals surface area (Å²) < 4.78 is 0. The molecule has 0 aliphatic carbocycles. The van der Waals surface area contributed by atoms with E-state index in [2.05, 4.69) is 6.92 Å². The van der Waals surface area contributed by atoms with E-state index >= 15 is 0 Å². The van der Waals surface area contributed by atoms with Crippen molar-refractivity contribution in [1.29, 1.82) is 0 Å². The number of hydrogen-bond donors (Lipinski definition) is 0. The van der Waals surface area contributed by atoms with Crippen LogP contribution in [0.2, 0.25) is 0 Å². The van der Waals surface area contributed by atoms with E-state index < -0.39 is 0 Å². The molecule has 2 rings (SSSR count). The summed E-state index contributed by atoms with van der Waals surface area (Å²) in [5.41, 5.74) is 1.05. The van der Waals surface area contributed by atoms with Gasteiger partial charge in [-0.05, 0) is 31.2 Å². The Kier molecular flexibility index (Phi) is 5.99. The van der Waals surface area contributed by atoms with Crippen molar-refractivity contribution in [1.82, 2.24) is 9.80 Å². The maximum absolute atomic E-state index is 12.6. The van der Waals surface area contributed by atoms with Gasteiger partial charge >= 0.3 is 0 Å². The fraction of sp³-hybridized carbons (Fsp3) is 0.556. The Hall–Kier alpha value is -1.84. The van der Waals surface area contributed by atoms with Gasteiger partial charge in [-0.2, -0.15) is 0 Å². The van der Waals surface area contributed by atoms with E-state index in [1.165, 1.54) is 13.3 Å². The Labute approximate surface area is 133 Å². The van der Waals surface area contributed by atoms with E-state index in [9.17, 15) is 9.59 Å². The van der Waals surface area contributed by atoms with Crippen molar-refractivity contribution in [2.45, 2.75) is 52.1 Å². The molecule has 1 saturated heterocycles. The summed E-state index contributed by atoms with van der Waals surface area (Å²) in [5.74, 6) is 0.0277. The lowest BCUT2D eigenvalue weighted by Crippen LogP contribution is -2.48. The second kappa shape index (κ2) is 7.97. The van der Waals surface area contributed by atoms with Gasteiger partial charge in [-0.1, -0.05) is 37.3 Å². The second-order valence-corrected chi connectivity index (χ2v) is 6.01. The molecule has 1 aromatic rings. The van der Waals surface area contributed by atoms with Crippen molar-refractivity contribution in [2.24, 2.45) is 0 Å². The van der Waals surface area contributed by atoms with Crippen molar-refractivity contribution >= 4 is 11.8 Å². The molecule has 0 aromatic heterocycles. The number of nitrogens with zero attached hydrogens (tertiary/aromatic N) is 2. The molecule has 2 amide bonds. The third-order valence-electron chi connectivity index (χ3n) is 4.41. The first-order chi connectivity index (χ1) is 10.6. The Morgan fingerprint density at radius 1 is 1.23 bits per heavy atom. The number of carbonyl (C=O) groups excluding carboxylic acids is 2. The largest absolute Gasteiger partial charge is 0.338 e. The third kappa shape index (κ3) is 4.33. The fourth-order valence-electron chi connectivity index (χ4n) is 3.09. The number of likely N-dealkylation sites (tertiary alicyclic amines) is 1. The van der Waals surface area contributed by atoms with E-state index in [-0.39, 0.29) is 18.4 Å². The van der Waals surface area contributed by atoms with Crippen LogP contribution in [0, 0.1) is 0 Å². The highest BCUT2D eigenvalue weighted by Crippen LogP contribution is 2.20. The first kappa shape index (κ1) is 16.5. The minimum Gasteiger partial charge on any atom is -0.338 e. The number of benzene rings is 1. The minimum absolute atomic E-state index is 0.0535. The van der Waals surface area contributed by atoms with Gasteiger partial charge in [0, 0.05) is 26.1 Å². The topological polar surface area (TPSA) is 40.6 Å². The van der Waals surface area contributed by atoms with Gasteiger partial charge in [-0.3, -0.25) is 9.59 Å². The number of hydrogen-bond acceptors (Lipinski definition) is 2. The Balaban J connectivity index is 2.01. The molecule has 1 aromatic carbocycles. The molecular formula is C18H26N2O2. The lowest BCUT2D eigenvalue weighted by molar-refractivity contribution is -0.142. The van der Waals surface area contributed by atoms with Gasteiger partial charge in [0.15, 0.2) is 0 Å². The van der Waals surface area contributed by atoms with Gasteiger partial charge in [0.25, 0.3) is 0 Å². The van der Waals surface area contributed by atoms with Gasteiger partial charge in [0.05, 0.1) is 0 Å². The maximum atomic E-state index is 12.6. The van der Waals surface area contributed by atoms with E-state index in [4.69, 9.17) is 0 Å². The summed E-state index contributed by atoms with van der Waals surface area (Å²) in [5, 5.41) is 0. The normalized spacial score (nSPS) is 18.1. The smallest absolute Gasteiger partial charge is 0.242 e. The van der Waals surface area contributed by atoms with Gasteiger partial charge in [0.2, 0.25) is 11.8 Å². The number of rotatable bonds is 5. The zero-order valence-corrected chi connectivity index (χ0v) is 13.6. The first-order valence-electron chi connectivity index (χ1n) is 8.20. The molecule has 1 fully saturated rings. The first-order valence-corrected chi connectivity index (χ1v) is 8.20. The van der Waals surface area contributed by atoms with Crippen molar-refractivity contribution < 1.29 is 9.59 Å². The molecule has 120 valence electrons. The Bertz CT molecular complexity index is 501. The maximum Gasteiger partial charge on any atom is 0.242 e. The fourth-order valence-corrected chi connectivity index (χ4v) is 3.09. The van der Waals surface area contributed by atoms with Crippen molar-refractivity contribution in [3.63, 3.8) is 0 Å². The number of piperidine rings is 1. The van der Waals surface area contributed by atoms with Crippen LogP contribution in [0.3, 0.4) is 0 Å². The molecule has 1 unspecified atom stereocenters. The van der Waals surface area contributed by atoms with Crippen LogP contribution >= 0.6 is 0 Å². The van der Waals surface area contributed by atoms with Gasteiger partial charge in [0.1, 0.15) is 6.54 Å². The van der Waals surface area contributed by atoms with Crippen molar-refractivity contribution in [2.75, 3.05) is 13.1 Å². The summed E-state index contributed by atoms with van der Waals surface area (Å²) in [6, 6.07) is 10.2. The summed E-state index contributed by atoms with van der Waals surface area (Å²) in [7, 11) is 0. The van der Waals surface area contributed by atoms with Crippen molar-refractivity contribution in [3.05, 3.63) is 35.9 Å². The molecule has 1 atom stereocenters. The third-order valence-corrected chi connectivity index (χ3v) is 4.41. The van der Waals surface area contributed by atoms with Crippen LogP contribution in [-0.2, 0) is 16.1 Å². The van der Waals surface area contributed by atoms with Crippen LogP contribution in [0.1, 0.15) is 45.1 Å². The standard InChI is InChI=1S/C18H26N2O2/c1-3-17-11-7-8-12-20(17)18(22)14-19(15(2)21)13-16-9-5-4-6-10-16/h4-6,9-10,17H,3,7-8,11-14H2,1-2H3. The lowest BCUT2D eigenvalue weighted by atomic mass is 10.00. The average Bonchev–Trinajstić information content (AvgIpc) is 2.55. The quantitative estimate of drug-likeness (QED) is 0.839. The van der Waals surface area contributed by atoms with Crippen LogP contribution in [0.15, 0.2) is 30.3 Å². The van der Waals surface area contributed by atoms with Gasteiger partial charge in [-0.15, -0.1) is 0 Å². The summed E-state index contributed by atoms with van der Waals surface area (Å²) >= 11 is 0. The van der Waals surface area contributed by atoms with Crippen LogP contribution in [0.5, 0.6) is 0 Å². The molecule has 1 heterocycles. The lowest BCUT2D eigenvalue weighted by Gasteiger charge is -2.36. The number of amides is 2. The summed E-state index contributed by atoms with van der Waals surface area (Å²) in [4.78, 5) is 28.1. The van der Waals surface area contributed by atoms with E-state index in [0.717, 1.165) is 31.4 Å². The highest BCUT2D eigenvalue weighted by atomic mass is 16.2. The molecule has 0 bridgehead atoms. The molecule has 0 spiro atoms. The average molecular weight is 302 g/mol. The van der Waals surface area contributed by atoms with Crippen molar-refractivity contribution in [3.8, 4) is 0 Å². The molecule has 0 N–H and O–H groups in total. The van der Waals surface area contributed by atoms with E-state index in [1.54, 1.807) is 4.90 Å². The molecule has 4 nitrogen and oxygen atoms in total. The van der Waals surface area contributed by atoms with E-state index in [1.807, 2.05) is 35.2 Å². The highest BCUT2D eigenvalue weighted by molar-refractivity contribution is 5.84. The van der Waals surface area contributed by atoms with Crippen LogP contribution < -0.4 is 0 Å². The molecule has 1 aliphatic heterocycles. The summed E-state index contributed by atoms with van der Waals surface area (Å²) in [6.07, 6.45) is 4.34. The van der Waals surface area contributed by atoms with Crippen LogP contribution in [0.4, 0.5) is 0 Å². The van der Waals surface area contributed by atoms with E-state index in [0.29, 0.717) is 12.6 Å². The molecule has 1 aliphatic rings. The van der Waals surface area contributed by atoms with Gasteiger partial charge < -0.3 is 9.80 Å². The minimum atomic E-state index is -0.0535. The Morgan fingerprint density at radius 2 is 1.95 bits per heavy atom. The summed E-state index contributed by atoms with van der Waals surface area (Å²) in [6.45, 7) is 5.16. The molecular weight excluding hydrogens is 276 g/mol. The monoisotopic (exact) mass is 302 g/mol. The predicted octanol–water partition coefficient (Wildman–Crippen LogP) is 2.83.